The molecule has 0 aliphatic carbocycles. The van der Waals surface area contributed by atoms with Gasteiger partial charge >= 0.3 is 0 Å². The van der Waals surface area contributed by atoms with Crippen LogP contribution in [0.5, 0.6) is 0 Å². The number of nitrogens with zero attached hydrogens (tertiary/aromatic N) is 1. The topological polar surface area (TPSA) is 31.4 Å². The normalized spacial score (nSPS) is 18.4. The van der Waals surface area contributed by atoms with E-state index in [1.54, 1.807) is 12.1 Å². The number of halogens is 1. The molecule has 0 bridgehead atoms. The van der Waals surface area contributed by atoms with E-state index < -0.39 is 12.2 Å². The van der Waals surface area contributed by atoms with Crippen molar-refractivity contribution in [2.45, 2.75) is 6.29 Å². The Hall–Kier alpha value is -1.00. The van der Waals surface area contributed by atoms with Gasteiger partial charge in [0.15, 0.2) is 6.29 Å². The second kappa shape index (κ2) is 3.16. The number of pyridine rings is 1. The maximum absolute atomic E-state index is 13.0. The van der Waals surface area contributed by atoms with Gasteiger partial charge in [-0.05, 0) is 12.1 Å². The van der Waals surface area contributed by atoms with Crippen LogP contribution >= 0.6 is 0 Å². The molecule has 0 radical (unpaired) electrons. The molecule has 12 heavy (non-hydrogen) atoms. The fraction of sp³-hybridized carbons (Fsp3) is 0.375. The van der Waals surface area contributed by atoms with Gasteiger partial charge in [-0.1, -0.05) is 0 Å². The first-order valence-corrected chi connectivity index (χ1v) is 3.71. The molecule has 0 atom stereocenters. The molecule has 0 aromatic carbocycles. The van der Waals surface area contributed by atoms with Crippen LogP contribution in [0.3, 0.4) is 0 Å². The number of ether oxygens (including phenoxy) is 2. The number of hydrogen-bond acceptors (Lipinski definition) is 3. The van der Waals surface area contributed by atoms with E-state index in [0.29, 0.717) is 18.8 Å². The van der Waals surface area contributed by atoms with Crippen molar-refractivity contribution < 1.29 is 13.9 Å². The molecule has 0 amide bonds. The van der Waals surface area contributed by atoms with Crippen LogP contribution in [0.4, 0.5) is 4.39 Å². The van der Waals surface area contributed by atoms with Crippen LogP contribution in [0, 0.1) is 5.95 Å². The molecule has 0 spiro atoms. The summed E-state index contributed by atoms with van der Waals surface area (Å²) in [6.07, 6.45) is 0.826. The third-order valence-corrected chi connectivity index (χ3v) is 1.66. The zero-order valence-corrected chi connectivity index (χ0v) is 6.37. The van der Waals surface area contributed by atoms with E-state index >= 15 is 0 Å². The summed E-state index contributed by atoms with van der Waals surface area (Å²) in [6, 6.07) is 3.27. The van der Waals surface area contributed by atoms with E-state index in [4.69, 9.17) is 9.47 Å². The fourth-order valence-electron chi connectivity index (χ4n) is 1.11. The van der Waals surface area contributed by atoms with Crippen LogP contribution in [0.25, 0.3) is 0 Å². The minimum atomic E-state index is -0.571. The van der Waals surface area contributed by atoms with Gasteiger partial charge in [0.05, 0.1) is 18.8 Å². The molecule has 1 aromatic rings. The zero-order valence-electron chi connectivity index (χ0n) is 6.37. The van der Waals surface area contributed by atoms with E-state index in [2.05, 4.69) is 4.98 Å². The Morgan fingerprint density at radius 1 is 1.42 bits per heavy atom. The molecule has 2 rings (SSSR count). The minimum absolute atomic E-state index is 0.370. The first-order valence-electron chi connectivity index (χ1n) is 3.71. The predicted molar refractivity (Wildman–Crippen MR) is 38.8 cm³/mol. The Morgan fingerprint density at radius 2 is 2.17 bits per heavy atom. The van der Waals surface area contributed by atoms with Crippen LogP contribution < -0.4 is 0 Å². The molecule has 0 unspecified atom stereocenters. The summed E-state index contributed by atoms with van der Waals surface area (Å²) in [5.41, 5.74) is 0.370. The quantitative estimate of drug-likeness (QED) is 0.593. The minimum Gasteiger partial charge on any atom is -0.346 e. The molecule has 3 nitrogen and oxygen atoms in total. The molecule has 1 aromatic heterocycles. The molecule has 1 aliphatic rings. The first kappa shape index (κ1) is 7.64. The van der Waals surface area contributed by atoms with Gasteiger partial charge in [-0.3, -0.25) is 0 Å². The second-order valence-corrected chi connectivity index (χ2v) is 2.46. The van der Waals surface area contributed by atoms with Crippen molar-refractivity contribution in [2.75, 3.05) is 13.2 Å². The summed E-state index contributed by atoms with van der Waals surface area (Å²) in [7, 11) is 0. The highest BCUT2D eigenvalue weighted by atomic mass is 19.1. The van der Waals surface area contributed by atoms with Crippen molar-refractivity contribution >= 4 is 0 Å². The summed E-state index contributed by atoms with van der Waals surface area (Å²) in [6.45, 7) is 1.03. The Balaban J connectivity index is 2.26. The van der Waals surface area contributed by atoms with E-state index in [1.807, 2.05) is 0 Å². The average Bonchev–Trinajstić information content (AvgIpc) is 2.57. The molecule has 64 valence electrons. The van der Waals surface area contributed by atoms with E-state index in [1.165, 1.54) is 6.20 Å². The Kier molecular flexibility index (Phi) is 2.01. The van der Waals surface area contributed by atoms with Gasteiger partial charge in [-0.2, -0.15) is 4.39 Å². The molecule has 1 fully saturated rings. The van der Waals surface area contributed by atoms with Gasteiger partial charge in [0.25, 0.3) is 0 Å². The Labute approximate surface area is 69.1 Å². The van der Waals surface area contributed by atoms with Gasteiger partial charge in [0.1, 0.15) is 0 Å². The van der Waals surface area contributed by atoms with Gasteiger partial charge < -0.3 is 9.47 Å². The molecule has 1 saturated heterocycles. The molecular formula is C8H8FNO2. The summed E-state index contributed by atoms with van der Waals surface area (Å²) in [5.74, 6) is -0.524. The molecule has 1 aliphatic heterocycles. The fourth-order valence-corrected chi connectivity index (χ4v) is 1.11. The third kappa shape index (κ3) is 1.31. The number of aromatic nitrogens is 1. The molecule has 2 heterocycles. The van der Waals surface area contributed by atoms with Gasteiger partial charge in [0.2, 0.25) is 5.95 Å². The van der Waals surface area contributed by atoms with E-state index in [0.717, 1.165) is 0 Å². The van der Waals surface area contributed by atoms with Crippen molar-refractivity contribution in [2.24, 2.45) is 0 Å². The summed E-state index contributed by atoms with van der Waals surface area (Å²) < 4.78 is 23.2. The third-order valence-electron chi connectivity index (χ3n) is 1.66. The van der Waals surface area contributed by atoms with Crippen molar-refractivity contribution in [3.63, 3.8) is 0 Å². The molecular weight excluding hydrogens is 161 g/mol. The monoisotopic (exact) mass is 169 g/mol. The molecule has 0 saturated carbocycles. The summed E-state index contributed by atoms with van der Waals surface area (Å²) in [4.78, 5) is 3.50. The SMILES string of the molecule is Fc1ncccc1C1OCCO1. The maximum Gasteiger partial charge on any atom is 0.221 e. The largest absolute Gasteiger partial charge is 0.346 e. The van der Waals surface area contributed by atoms with E-state index in [9.17, 15) is 4.39 Å². The highest BCUT2D eigenvalue weighted by molar-refractivity contribution is 5.12. The lowest BCUT2D eigenvalue weighted by atomic mass is 10.3. The lowest BCUT2D eigenvalue weighted by molar-refractivity contribution is -0.0469. The van der Waals surface area contributed by atoms with Crippen molar-refractivity contribution in [3.8, 4) is 0 Å². The standard InChI is InChI=1S/C8H8FNO2/c9-7-6(2-1-3-10-7)8-11-4-5-12-8/h1-3,8H,4-5H2. The molecule has 4 heteroatoms. The number of hydrogen-bond donors (Lipinski definition) is 0. The average molecular weight is 169 g/mol. The lowest BCUT2D eigenvalue weighted by Gasteiger charge is -2.08. The van der Waals surface area contributed by atoms with E-state index in [-0.39, 0.29) is 0 Å². The second-order valence-electron chi connectivity index (χ2n) is 2.46. The van der Waals surface area contributed by atoms with Crippen LogP contribution in [-0.4, -0.2) is 18.2 Å². The maximum atomic E-state index is 13.0. The van der Waals surface area contributed by atoms with Crippen LogP contribution in [0.15, 0.2) is 18.3 Å². The Bertz CT molecular complexity index is 274. The smallest absolute Gasteiger partial charge is 0.221 e. The molecule has 0 N–H and O–H groups in total. The van der Waals surface area contributed by atoms with Gasteiger partial charge in [-0.25, -0.2) is 4.98 Å². The van der Waals surface area contributed by atoms with Crippen LogP contribution in [0.1, 0.15) is 11.9 Å². The first-order chi connectivity index (χ1) is 5.88. The van der Waals surface area contributed by atoms with Crippen molar-refractivity contribution in [1.82, 2.24) is 4.98 Å². The number of rotatable bonds is 1. The van der Waals surface area contributed by atoms with Crippen LogP contribution in [-0.2, 0) is 9.47 Å². The highest BCUT2D eigenvalue weighted by Gasteiger charge is 2.21. The Morgan fingerprint density at radius 3 is 2.83 bits per heavy atom. The van der Waals surface area contributed by atoms with Crippen LogP contribution in [0.2, 0.25) is 0 Å². The lowest BCUT2D eigenvalue weighted by Crippen LogP contribution is -2.02. The van der Waals surface area contributed by atoms with Gasteiger partial charge in [0, 0.05) is 6.20 Å². The summed E-state index contributed by atoms with van der Waals surface area (Å²) in [5, 5.41) is 0. The zero-order chi connectivity index (χ0) is 8.39. The van der Waals surface area contributed by atoms with Gasteiger partial charge in [-0.15, -0.1) is 0 Å². The summed E-state index contributed by atoms with van der Waals surface area (Å²) >= 11 is 0. The predicted octanol–water partition coefficient (Wildman–Crippen LogP) is 1.27. The highest BCUT2D eigenvalue weighted by Crippen LogP contribution is 2.23. The van der Waals surface area contributed by atoms with Crippen molar-refractivity contribution in [1.29, 1.82) is 0 Å². The van der Waals surface area contributed by atoms with Crippen molar-refractivity contribution in [3.05, 3.63) is 29.8 Å².